The van der Waals surface area contributed by atoms with E-state index in [0.717, 1.165) is 41.2 Å². The van der Waals surface area contributed by atoms with Crippen LogP contribution in [0.15, 0.2) is 42.5 Å². The first-order valence-corrected chi connectivity index (χ1v) is 8.17. The molecule has 0 spiro atoms. The first-order chi connectivity index (χ1) is 11.7. The first-order valence-electron chi connectivity index (χ1n) is 8.17. The molecular formula is C19H19N3O2. The Labute approximate surface area is 140 Å². The van der Waals surface area contributed by atoms with Crippen molar-refractivity contribution in [1.29, 1.82) is 0 Å². The van der Waals surface area contributed by atoms with Crippen LogP contribution in [0.4, 0.5) is 0 Å². The number of nitrogens with zero attached hydrogens (tertiary/aromatic N) is 1. The van der Waals surface area contributed by atoms with Crippen LogP contribution in [-0.2, 0) is 17.6 Å². The van der Waals surface area contributed by atoms with Crippen LogP contribution in [0.1, 0.15) is 29.9 Å². The van der Waals surface area contributed by atoms with Gasteiger partial charge in [0, 0.05) is 6.42 Å². The minimum absolute atomic E-state index is 0.0122. The Morgan fingerprint density at radius 3 is 3.08 bits per heavy atom. The summed E-state index contributed by atoms with van der Waals surface area (Å²) in [6.45, 7) is 2.67. The third-order valence-corrected chi connectivity index (χ3v) is 4.31. The smallest absolute Gasteiger partial charge is 0.224 e. The molecule has 1 aliphatic rings. The van der Waals surface area contributed by atoms with E-state index in [2.05, 4.69) is 21.4 Å². The quantitative estimate of drug-likeness (QED) is 0.776. The van der Waals surface area contributed by atoms with E-state index < -0.39 is 0 Å². The van der Waals surface area contributed by atoms with Crippen molar-refractivity contribution in [2.75, 3.05) is 6.61 Å². The molecule has 0 saturated carbocycles. The Hall–Kier alpha value is -2.82. The van der Waals surface area contributed by atoms with Gasteiger partial charge in [-0.3, -0.25) is 4.79 Å². The Kier molecular flexibility index (Phi) is 3.69. The number of carbonyl (C=O) groups excluding carboxylic acids is 1. The largest absolute Gasteiger partial charge is 0.493 e. The van der Waals surface area contributed by atoms with Gasteiger partial charge in [0.25, 0.3) is 0 Å². The molecule has 2 heterocycles. The highest BCUT2D eigenvalue weighted by molar-refractivity contribution is 5.79. The van der Waals surface area contributed by atoms with E-state index in [1.165, 1.54) is 5.56 Å². The Balaban J connectivity index is 1.43. The predicted octanol–water partition coefficient (Wildman–Crippen LogP) is 2.92. The third-order valence-electron chi connectivity index (χ3n) is 4.31. The van der Waals surface area contributed by atoms with Crippen LogP contribution in [0.5, 0.6) is 5.75 Å². The summed E-state index contributed by atoms with van der Waals surface area (Å²) in [5.41, 5.74) is 4.08. The molecule has 3 aromatic rings. The number of carbonyl (C=O) groups is 1. The number of aromatic nitrogens is 2. The molecular weight excluding hydrogens is 302 g/mol. The lowest BCUT2D eigenvalue weighted by Gasteiger charge is -2.12. The number of imidazole rings is 1. The number of amides is 1. The summed E-state index contributed by atoms with van der Waals surface area (Å²) in [6, 6.07) is 13.7. The van der Waals surface area contributed by atoms with Crippen molar-refractivity contribution in [3.8, 4) is 5.75 Å². The molecule has 2 aromatic carbocycles. The summed E-state index contributed by atoms with van der Waals surface area (Å²) in [5, 5.41) is 3.01. The molecule has 1 amide bonds. The maximum Gasteiger partial charge on any atom is 0.224 e. The van der Waals surface area contributed by atoms with Gasteiger partial charge in [0.1, 0.15) is 11.6 Å². The minimum atomic E-state index is -0.164. The number of benzene rings is 2. The van der Waals surface area contributed by atoms with Gasteiger partial charge >= 0.3 is 0 Å². The van der Waals surface area contributed by atoms with Gasteiger partial charge < -0.3 is 15.0 Å². The first kappa shape index (κ1) is 14.8. The second-order valence-electron chi connectivity index (χ2n) is 6.15. The van der Waals surface area contributed by atoms with Crippen LogP contribution in [0.3, 0.4) is 0 Å². The van der Waals surface area contributed by atoms with Crippen LogP contribution in [0.25, 0.3) is 11.0 Å². The molecule has 24 heavy (non-hydrogen) atoms. The minimum Gasteiger partial charge on any atom is -0.493 e. The summed E-state index contributed by atoms with van der Waals surface area (Å²) < 4.78 is 5.50. The van der Waals surface area contributed by atoms with Crippen molar-refractivity contribution in [2.24, 2.45) is 0 Å². The fourth-order valence-corrected chi connectivity index (χ4v) is 3.07. The van der Waals surface area contributed by atoms with Gasteiger partial charge in [-0.2, -0.15) is 0 Å². The molecule has 1 atom stereocenters. The molecule has 0 radical (unpaired) electrons. The highest BCUT2D eigenvalue weighted by atomic mass is 16.5. The van der Waals surface area contributed by atoms with E-state index in [1.54, 1.807) is 0 Å². The second kappa shape index (κ2) is 6.00. The number of aromatic amines is 1. The van der Waals surface area contributed by atoms with Crippen molar-refractivity contribution in [3.05, 3.63) is 59.4 Å². The molecule has 1 aliphatic heterocycles. The molecule has 0 bridgehead atoms. The van der Waals surface area contributed by atoms with Gasteiger partial charge in [-0.1, -0.05) is 24.3 Å². The SMILES string of the molecule is CC(NC(=O)Cc1ccc2c(c1)CCO2)c1nc2ccccc2[nH]1. The van der Waals surface area contributed by atoms with Gasteiger partial charge in [-0.05, 0) is 36.2 Å². The molecule has 1 aromatic heterocycles. The highest BCUT2D eigenvalue weighted by Gasteiger charge is 2.16. The lowest BCUT2D eigenvalue weighted by atomic mass is 10.1. The lowest BCUT2D eigenvalue weighted by Crippen LogP contribution is -2.28. The van der Waals surface area contributed by atoms with E-state index in [-0.39, 0.29) is 11.9 Å². The molecule has 0 aliphatic carbocycles. The highest BCUT2D eigenvalue weighted by Crippen LogP contribution is 2.26. The zero-order valence-corrected chi connectivity index (χ0v) is 13.5. The normalized spacial score (nSPS) is 14.2. The second-order valence-corrected chi connectivity index (χ2v) is 6.15. The summed E-state index contributed by atoms with van der Waals surface area (Å²) in [7, 11) is 0. The molecule has 5 nitrogen and oxygen atoms in total. The number of rotatable bonds is 4. The maximum atomic E-state index is 12.3. The standard InChI is InChI=1S/C19H19N3O2/c1-12(19-21-15-4-2-3-5-16(15)22-19)20-18(23)11-13-6-7-17-14(10-13)8-9-24-17/h2-7,10,12H,8-9,11H2,1H3,(H,20,23)(H,21,22). The van der Waals surface area contributed by atoms with Gasteiger partial charge in [0.15, 0.2) is 0 Å². The molecule has 1 unspecified atom stereocenters. The number of fused-ring (bicyclic) bond motifs is 2. The van der Waals surface area contributed by atoms with Gasteiger partial charge in [-0.15, -0.1) is 0 Å². The number of para-hydroxylation sites is 2. The van der Waals surface area contributed by atoms with Gasteiger partial charge in [0.2, 0.25) is 5.91 Å². The third kappa shape index (κ3) is 2.85. The summed E-state index contributed by atoms with van der Waals surface area (Å²) >= 11 is 0. The fraction of sp³-hybridized carbons (Fsp3) is 0.263. The fourth-order valence-electron chi connectivity index (χ4n) is 3.07. The van der Waals surface area contributed by atoms with Crippen LogP contribution < -0.4 is 10.1 Å². The van der Waals surface area contributed by atoms with Crippen molar-refractivity contribution >= 4 is 16.9 Å². The zero-order valence-electron chi connectivity index (χ0n) is 13.5. The van der Waals surface area contributed by atoms with E-state index in [1.807, 2.05) is 43.3 Å². The monoisotopic (exact) mass is 321 g/mol. The average molecular weight is 321 g/mol. The molecule has 4 rings (SSSR count). The summed E-state index contributed by atoms with van der Waals surface area (Å²) in [6.07, 6.45) is 1.28. The number of hydrogen-bond acceptors (Lipinski definition) is 3. The summed E-state index contributed by atoms with van der Waals surface area (Å²) in [5.74, 6) is 1.70. The lowest BCUT2D eigenvalue weighted by molar-refractivity contribution is -0.121. The Morgan fingerprint density at radius 2 is 2.21 bits per heavy atom. The molecule has 2 N–H and O–H groups in total. The Bertz CT molecular complexity index is 868. The van der Waals surface area contributed by atoms with Gasteiger partial charge in [0.05, 0.1) is 30.1 Å². The molecule has 0 fully saturated rings. The number of nitrogens with one attached hydrogen (secondary N) is 2. The molecule has 122 valence electrons. The number of hydrogen-bond donors (Lipinski definition) is 2. The number of H-pyrrole nitrogens is 1. The van der Waals surface area contributed by atoms with Gasteiger partial charge in [-0.25, -0.2) is 4.98 Å². The Morgan fingerprint density at radius 1 is 1.33 bits per heavy atom. The maximum absolute atomic E-state index is 12.3. The van der Waals surface area contributed by atoms with Crippen molar-refractivity contribution in [3.63, 3.8) is 0 Å². The van der Waals surface area contributed by atoms with E-state index in [4.69, 9.17) is 4.74 Å². The molecule has 5 heteroatoms. The topological polar surface area (TPSA) is 67.0 Å². The van der Waals surface area contributed by atoms with Crippen LogP contribution >= 0.6 is 0 Å². The van der Waals surface area contributed by atoms with Crippen molar-refractivity contribution in [2.45, 2.75) is 25.8 Å². The van der Waals surface area contributed by atoms with Crippen LogP contribution in [0.2, 0.25) is 0 Å². The van der Waals surface area contributed by atoms with Crippen molar-refractivity contribution < 1.29 is 9.53 Å². The van der Waals surface area contributed by atoms with E-state index in [0.29, 0.717) is 6.42 Å². The summed E-state index contributed by atoms with van der Waals surface area (Å²) in [4.78, 5) is 20.1. The molecule has 0 saturated heterocycles. The van der Waals surface area contributed by atoms with E-state index >= 15 is 0 Å². The average Bonchev–Trinajstić information content (AvgIpc) is 3.20. The van der Waals surface area contributed by atoms with E-state index in [9.17, 15) is 4.79 Å². The van der Waals surface area contributed by atoms with Crippen molar-refractivity contribution in [1.82, 2.24) is 15.3 Å². The predicted molar refractivity (Wildman–Crippen MR) is 92.0 cm³/mol. The van der Waals surface area contributed by atoms with Crippen LogP contribution in [0, 0.1) is 0 Å². The number of ether oxygens (including phenoxy) is 1. The van der Waals surface area contributed by atoms with Crippen LogP contribution in [-0.4, -0.2) is 22.5 Å². The zero-order chi connectivity index (χ0) is 16.5.